The molecule has 22 heavy (non-hydrogen) atoms. The highest BCUT2D eigenvalue weighted by molar-refractivity contribution is 9.10. The van der Waals surface area contributed by atoms with Gasteiger partial charge in [0.1, 0.15) is 0 Å². The quantitative estimate of drug-likeness (QED) is 0.788. The number of hydrogen-bond donors (Lipinski definition) is 2. The maximum Gasteiger partial charge on any atom is 0.238 e. The number of rotatable bonds is 5. The van der Waals surface area contributed by atoms with Crippen molar-refractivity contribution < 1.29 is 4.79 Å². The van der Waals surface area contributed by atoms with Crippen LogP contribution in [0.4, 0.5) is 5.69 Å². The van der Waals surface area contributed by atoms with Crippen LogP contribution >= 0.6 is 27.5 Å². The molecule has 1 atom stereocenters. The van der Waals surface area contributed by atoms with Crippen molar-refractivity contribution in [1.29, 1.82) is 0 Å². The topological polar surface area (TPSA) is 41.1 Å². The van der Waals surface area contributed by atoms with Gasteiger partial charge in [-0.15, -0.1) is 0 Å². The summed E-state index contributed by atoms with van der Waals surface area (Å²) in [5.74, 6) is -0.0701. The Balaban J connectivity index is 1.90. The van der Waals surface area contributed by atoms with Crippen molar-refractivity contribution in [2.75, 3.05) is 11.9 Å². The highest BCUT2D eigenvalue weighted by Crippen LogP contribution is 2.20. The molecule has 1 amide bonds. The summed E-state index contributed by atoms with van der Waals surface area (Å²) in [6.07, 6.45) is 0. The Labute approximate surface area is 144 Å². The van der Waals surface area contributed by atoms with E-state index in [9.17, 15) is 4.79 Å². The largest absolute Gasteiger partial charge is 0.325 e. The van der Waals surface area contributed by atoms with Gasteiger partial charge < -0.3 is 10.6 Å². The molecule has 0 radical (unpaired) electrons. The van der Waals surface area contributed by atoms with Crippen LogP contribution in [0.15, 0.2) is 46.9 Å². The SMILES string of the molecule is Cc1cc(Br)ccc1NC(=O)CN[C@@H](C)c1cccc(Cl)c1. The lowest BCUT2D eigenvalue weighted by Gasteiger charge is -2.15. The van der Waals surface area contributed by atoms with Crippen molar-refractivity contribution in [3.8, 4) is 0 Å². The number of anilines is 1. The molecule has 0 unspecified atom stereocenters. The van der Waals surface area contributed by atoms with Crippen molar-refractivity contribution in [3.05, 3.63) is 63.1 Å². The molecule has 0 bridgehead atoms. The van der Waals surface area contributed by atoms with Crippen LogP contribution in [-0.2, 0) is 4.79 Å². The standard InChI is InChI=1S/C17H18BrClN2O/c1-11-8-14(18)6-7-16(11)21-17(22)10-20-12(2)13-4-3-5-15(19)9-13/h3-9,12,20H,10H2,1-2H3,(H,21,22)/t12-/m0/s1. The second-order valence-corrected chi connectivity index (χ2v) is 6.52. The van der Waals surface area contributed by atoms with Crippen LogP contribution in [0.25, 0.3) is 0 Å². The summed E-state index contributed by atoms with van der Waals surface area (Å²) in [4.78, 5) is 12.0. The summed E-state index contributed by atoms with van der Waals surface area (Å²) in [7, 11) is 0. The Bertz CT molecular complexity index is 675. The maximum absolute atomic E-state index is 12.0. The normalized spacial score (nSPS) is 12.0. The second kappa shape index (κ2) is 7.77. The molecule has 5 heteroatoms. The summed E-state index contributed by atoms with van der Waals surface area (Å²) in [5.41, 5.74) is 2.90. The van der Waals surface area contributed by atoms with Crippen molar-refractivity contribution in [2.45, 2.75) is 19.9 Å². The number of benzene rings is 2. The Kier molecular flexibility index (Phi) is 6.00. The van der Waals surface area contributed by atoms with Gasteiger partial charge in [0.05, 0.1) is 6.54 Å². The number of carbonyl (C=O) groups excluding carboxylic acids is 1. The van der Waals surface area contributed by atoms with Gasteiger partial charge in [-0.25, -0.2) is 0 Å². The number of halogens is 2. The number of hydrogen-bond acceptors (Lipinski definition) is 2. The van der Waals surface area contributed by atoms with E-state index in [1.165, 1.54) is 0 Å². The van der Waals surface area contributed by atoms with Gasteiger partial charge >= 0.3 is 0 Å². The first-order valence-electron chi connectivity index (χ1n) is 7.00. The molecule has 2 rings (SSSR count). The number of carbonyl (C=O) groups is 1. The van der Waals surface area contributed by atoms with Gasteiger partial charge in [0, 0.05) is 21.2 Å². The maximum atomic E-state index is 12.0. The molecule has 0 fully saturated rings. The molecule has 0 aliphatic carbocycles. The smallest absolute Gasteiger partial charge is 0.238 e. The van der Waals surface area contributed by atoms with Gasteiger partial charge in [-0.3, -0.25) is 4.79 Å². The van der Waals surface area contributed by atoms with Gasteiger partial charge in [-0.2, -0.15) is 0 Å². The average Bonchev–Trinajstić information content (AvgIpc) is 2.47. The van der Waals surface area contributed by atoms with Gasteiger partial charge in [0.2, 0.25) is 5.91 Å². The summed E-state index contributed by atoms with van der Waals surface area (Å²) in [6, 6.07) is 13.4. The predicted molar refractivity (Wildman–Crippen MR) is 95.4 cm³/mol. The van der Waals surface area contributed by atoms with Crippen molar-refractivity contribution in [3.63, 3.8) is 0 Å². The average molecular weight is 382 g/mol. The fourth-order valence-corrected chi connectivity index (χ4v) is 2.78. The monoisotopic (exact) mass is 380 g/mol. The van der Waals surface area contributed by atoms with E-state index in [1.54, 1.807) is 0 Å². The molecule has 0 saturated carbocycles. The van der Waals surface area contributed by atoms with E-state index in [-0.39, 0.29) is 18.5 Å². The lowest BCUT2D eigenvalue weighted by molar-refractivity contribution is -0.115. The van der Waals surface area contributed by atoms with Crippen LogP contribution in [0.1, 0.15) is 24.1 Å². The van der Waals surface area contributed by atoms with E-state index in [1.807, 2.05) is 56.3 Å². The van der Waals surface area contributed by atoms with E-state index in [4.69, 9.17) is 11.6 Å². The highest BCUT2D eigenvalue weighted by atomic mass is 79.9. The molecule has 0 heterocycles. The lowest BCUT2D eigenvalue weighted by atomic mass is 10.1. The fraction of sp³-hybridized carbons (Fsp3) is 0.235. The molecule has 2 N–H and O–H groups in total. The summed E-state index contributed by atoms with van der Waals surface area (Å²) in [5, 5.41) is 6.80. The molecule has 0 aliphatic rings. The zero-order valence-electron chi connectivity index (χ0n) is 12.5. The van der Waals surface area contributed by atoms with Crippen LogP contribution in [0.3, 0.4) is 0 Å². The van der Waals surface area contributed by atoms with Crippen molar-refractivity contribution in [1.82, 2.24) is 5.32 Å². The first-order valence-corrected chi connectivity index (χ1v) is 8.17. The molecule has 2 aromatic rings. The minimum Gasteiger partial charge on any atom is -0.325 e. The Hall–Kier alpha value is -1.36. The molecule has 0 spiro atoms. The second-order valence-electron chi connectivity index (χ2n) is 5.17. The Morgan fingerprint density at radius 2 is 2.05 bits per heavy atom. The lowest BCUT2D eigenvalue weighted by Crippen LogP contribution is -2.30. The van der Waals surface area contributed by atoms with Gasteiger partial charge in [-0.1, -0.05) is 39.7 Å². The van der Waals surface area contributed by atoms with E-state index < -0.39 is 0 Å². The molecule has 0 aromatic heterocycles. The molecule has 0 saturated heterocycles. The summed E-state index contributed by atoms with van der Waals surface area (Å²) < 4.78 is 0.996. The van der Waals surface area contributed by atoms with Gasteiger partial charge in [-0.05, 0) is 55.3 Å². The Morgan fingerprint density at radius 1 is 1.27 bits per heavy atom. The third-order valence-corrected chi connectivity index (χ3v) is 4.11. The molecular weight excluding hydrogens is 364 g/mol. The zero-order valence-corrected chi connectivity index (χ0v) is 14.8. The van der Waals surface area contributed by atoms with E-state index in [0.29, 0.717) is 5.02 Å². The first-order chi connectivity index (χ1) is 10.5. The van der Waals surface area contributed by atoms with E-state index >= 15 is 0 Å². The van der Waals surface area contributed by atoms with Gasteiger partial charge in [0.15, 0.2) is 0 Å². The summed E-state index contributed by atoms with van der Waals surface area (Å²) >= 11 is 9.39. The minimum absolute atomic E-state index is 0.0514. The molecule has 3 nitrogen and oxygen atoms in total. The van der Waals surface area contributed by atoms with Crippen molar-refractivity contribution >= 4 is 39.1 Å². The van der Waals surface area contributed by atoms with Gasteiger partial charge in [0.25, 0.3) is 0 Å². The number of amides is 1. The Morgan fingerprint density at radius 3 is 2.73 bits per heavy atom. The molecule has 0 aliphatic heterocycles. The predicted octanol–water partition coefficient (Wildman–Crippen LogP) is 4.70. The van der Waals surface area contributed by atoms with Crippen molar-refractivity contribution in [2.24, 2.45) is 0 Å². The van der Waals surface area contributed by atoms with Crippen LogP contribution in [0, 0.1) is 6.92 Å². The van der Waals surface area contributed by atoms with E-state index in [0.717, 1.165) is 21.3 Å². The van der Waals surface area contributed by atoms with Crippen LogP contribution in [-0.4, -0.2) is 12.5 Å². The fourth-order valence-electron chi connectivity index (χ4n) is 2.10. The number of nitrogens with one attached hydrogen (secondary N) is 2. The zero-order chi connectivity index (χ0) is 16.1. The highest BCUT2D eigenvalue weighted by Gasteiger charge is 2.09. The van der Waals surface area contributed by atoms with Crippen LogP contribution in [0.5, 0.6) is 0 Å². The minimum atomic E-state index is -0.0701. The third-order valence-electron chi connectivity index (χ3n) is 3.38. The summed E-state index contributed by atoms with van der Waals surface area (Å²) in [6.45, 7) is 4.20. The third kappa shape index (κ3) is 4.83. The molecule has 116 valence electrons. The number of aryl methyl sites for hydroxylation is 1. The first kappa shape index (κ1) is 17.0. The van der Waals surface area contributed by atoms with E-state index in [2.05, 4.69) is 26.6 Å². The molecule has 2 aromatic carbocycles. The molecular formula is C17H18BrClN2O. The van der Waals surface area contributed by atoms with Crippen LogP contribution in [0.2, 0.25) is 5.02 Å². The van der Waals surface area contributed by atoms with Crippen LogP contribution < -0.4 is 10.6 Å².